The Bertz CT molecular complexity index is 347. The van der Waals surface area contributed by atoms with Crippen molar-refractivity contribution in [2.24, 2.45) is 5.73 Å². The van der Waals surface area contributed by atoms with E-state index in [4.69, 9.17) is 5.73 Å². The summed E-state index contributed by atoms with van der Waals surface area (Å²) in [4.78, 5) is 11.1. The number of carbonyl (C=O) groups excluding carboxylic acids is 1. The summed E-state index contributed by atoms with van der Waals surface area (Å²) in [5.41, 5.74) is 6.64. The average molecular weight is 191 g/mol. The molecule has 0 spiro atoms. The van der Waals surface area contributed by atoms with Crippen molar-refractivity contribution in [3.05, 3.63) is 29.8 Å². The van der Waals surface area contributed by atoms with E-state index in [1.54, 1.807) is 6.07 Å². The zero-order valence-corrected chi connectivity index (χ0v) is 7.79. The van der Waals surface area contributed by atoms with Crippen LogP contribution in [0.2, 0.25) is 0 Å². The summed E-state index contributed by atoms with van der Waals surface area (Å²) in [7, 11) is 0. The topological polar surface area (TPSA) is 67.2 Å². The lowest BCUT2D eigenvalue weighted by molar-refractivity contribution is 0.100. The van der Waals surface area contributed by atoms with Gasteiger partial charge in [0.05, 0.1) is 11.6 Å². The molecule has 1 saturated heterocycles. The van der Waals surface area contributed by atoms with E-state index < -0.39 is 0 Å². The molecule has 0 atom stereocenters. The molecule has 4 N–H and O–H groups in total. The lowest BCUT2D eigenvalue weighted by atomic mass is 10.1. The predicted octanol–water partition coefficient (Wildman–Crippen LogP) is 0.169. The van der Waals surface area contributed by atoms with E-state index in [9.17, 15) is 4.79 Å². The van der Waals surface area contributed by atoms with Gasteiger partial charge in [0, 0.05) is 18.8 Å². The standard InChI is InChI=1S/C10H13N3O/c11-10(14)8-3-1-2-4-9(8)13-7-5-12-6-7/h1-4,7,12-13H,5-6H2,(H2,11,14). The van der Waals surface area contributed by atoms with E-state index >= 15 is 0 Å². The van der Waals surface area contributed by atoms with Crippen LogP contribution in [0.3, 0.4) is 0 Å². The molecule has 1 aromatic carbocycles. The highest BCUT2D eigenvalue weighted by Gasteiger charge is 2.17. The quantitative estimate of drug-likeness (QED) is 0.638. The summed E-state index contributed by atoms with van der Waals surface area (Å²) < 4.78 is 0. The van der Waals surface area contributed by atoms with Gasteiger partial charge in [0.2, 0.25) is 0 Å². The second kappa shape index (κ2) is 3.67. The van der Waals surface area contributed by atoms with Crippen LogP contribution in [0.1, 0.15) is 10.4 Å². The first-order valence-electron chi connectivity index (χ1n) is 4.63. The van der Waals surface area contributed by atoms with Crippen LogP contribution in [0.25, 0.3) is 0 Å². The normalized spacial score (nSPS) is 16.0. The van der Waals surface area contributed by atoms with Crippen LogP contribution in [-0.2, 0) is 0 Å². The predicted molar refractivity (Wildman–Crippen MR) is 55.2 cm³/mol. The van der Waals surface area contributed by atoms with Gasteiger partial charge in [0.25, 0.3) is 5.91 Å². The Morgan fingerprint density at radius 2 is 2.14 bits per heavy atom. The van der Waals surface area contributed by atoms with Crippen LogP contribution in [-0.4, -0.2) is 25.0 Å². The Balaban J connectivity index is 2.17. The molecule has 0 radical (unpaired) electrons. The lowest BCUT2D eigenvalue weighted by Crippen LogP contribution is -2.51. The van der Waals surface area contributed by atoms with Gasteiger partial charge in [-0.2, -0.15) is 0 Å². The molecule has 1 amide bonds. The maximum atomic E-state index is 11.1. The van der Waals surface area contributed by atoms with Crippen molar-refractivity contribution < 1.29 is 4.79 Å². The van der Waals surface area contributed by atoms with E-state index in [1.807, 2.05) is 18.2 Å². The molecular weight excluding hydrogens is 178 g/mol. The maximum absolute atomic E-state index is 11.1. The fraction of sp³-hybridized carbons (Fsp3) is 0.300. The fourth-order valence-electron chi connectivity index (χ4n) is 1.43. The molecule has 0 bridgehead atoms. The average Bonchev–Trinajstić information content (AvgIpc) is 2.12. The number of nitrogens with one attached hydrogen (secondary N) is 2. The number of benzene rings is 1. The Labute approximate surface area is 82.5 Å². The molecule has 1 heterocycles. The molecule has 1 aliphatic rings. The monoisotopic (exact) mass is 191 g/mol. The number of amides is 1. The molecule has 0 aliphatic carbocycles. The van der Waals surface area contributed by atoms with Crippen LogP contribution in [0.4, 0.5) is 5.69 Å². The van der Waals surface area contributed by atoms with Gasteiger partial charge in [-0.25, -0.2) is 0 Å². The Morgan fingerprint density at radius 3 is 2.71 bits per heavy atom. The van der Waals surface area contributed by atoms with Gasteiger partial charge in [0.15, 0.2) is 0 Å². The maximum Gasteiger partial charge on any atom is 0.250 e. The SMILES string of the molecule is NC(=O)c1ccccc1NC1CNC1. The number of hydrogen-bond donors (Lipinski definition) is 3. The van der Waals surface area contributed by atoms with Crippen molar-refractivity contribution in [3.8, 4) is 0 Å². The van der Waals surface area contributed by atoms with Crippen LogP contribution >= 0.6 is 0 Å². The molecule has 14 heavy (non-hydrogen) atoms. The van der Waals surface area contributed by atoms with E-state index in [2.05, 4.69) is 10.6 Å². The minimum Gasteiger partial charge on any atom is -0.379 e. The van der Waals surface area contributed by atoms with Crippen molar-refractivity contribution >= 4 is 11.6 Å². The van der Waals surface area contributed by atoms with Gasteiger partial charge in [-0.1, -0.05) is 12.1 Å². The smallest absolute Gasteiger partial charge is 0.250 e. The summed E-state index contributed by atoms with van der Waals surface area (Å²) in [6.45, 7) is 1.88. The van der Waals surface area contributed by atoms with Crippen molar-refractivity contribution in [2.75, 3.05) is 18.4 Å². The summed E-state index contributed by atoms with van der Waals surface area (Å²) in [6.07, 6.45) is 0. The molecule has 0 saturated carbocycles. The lowest BCUT2D eigenvalue weighted by Gasteiger charge is -2.29. The van der Waals surface area contributed by atoms with E-state index in [0.29, 0.717) is 11.6 Å². The highest BCUT2D eigenvalue weighted by Crippen LogP contribution is 2.16. The number of para-hydroxylation sites is 1. The molecule has 2 rings (SSSR count). The first-order valence-corrected chi connectivity index (χ1v) is 4.63. The Morgan fingerprint density at radius 1 is 1.43 bits per heavy atom. The van der Waals surface area contributed by atoms with Gasteiger partial charge in [-0.3, -0.25) is 4.79 Å². The van der Waals surface area contributed by atoms with Crippen molar-refractivity contribution in [3.63, 3.8) is 0 Å². The van der Waals surface area contributed by atoms with E-state index in [1.165, 1.54) is 0 Å². The number of rotatable bonds is 3. The molecule has 1 aromatic rings. The van der Waals surface area contributed by atoms with Crippen LogP contribution < -0.4 is 16.4 Å². The largest absolute Gasteiger partial charge is 0.379 e. The number of primary amides is 1. The summed E-state index contributed by atoms with van der Waals surface area (Å²) in [5.74, 6) is -0.389. The molecule has 0 aromatic heterocycles. The zero-order chi connectivity index (χ0) is 9.97. The molecule has 1 fully saturated rings. The van der Waals surface area contributed by atoms with E-state index in [0.717, 1.165) is 18.8 Å². The molecule has 4 nitrogen and oxygen atoms in total. The Kier molecular flexibility index (Phi) is 2.37. The third-order valence-electron chi connectivity index (χ3n) is 2.33. The molecule has 4 heteroatoms. The first-order chi connectivity index (χ1) is 6.77. The van der Waals surface area contributed by atoms with Gasteiger partial charge in [-0.05, 0) is 12.1 Å². The third kappa shape index (κ3) is 1.70. The van der Waals surface area contributed by atoms with Crippen molar-refractivity contribution in [1.29, 1.82) is 0 Å². The van der Waals surface area contributed by atoms with Gasteiger partial charge in [0.1, 0.15) is 0 Å². The van der Waals surface area contributed by atoms with Crippen molar-refractivity contribution in [1.82, 2.24) is 5.32 Å². The minimum absolute atomic E-state index is 0.389. The molecular formula is C10H13N3O. The highest BCUT2D eigenvalue weighted by atomic mass is 16.1. The Hall–Kier alpha value is -1.55. The van der Waals surface area contributed by atoms with Crippen LogP contribution in [0.15, 0.2) is 24.3 Å². The second-order valence-corrected chi connectivity index (χ2v) is 3.41. The molecule has 1 aliphatic heterocycles. The minimum atomic E-state index is -0.389. The third-order valence-corrected chi connectivity index (χ3v) is 2.33. The fourth-order valence-corrected chi connectivity index (χ4v) is 1.43. The summed E-state index contributed by atoms with van der Waals surface area (Å²) >= 11 is 0. The molecule has 0 unspecified atom stereocenters. The van der Waals surface area contributed by atoms with Gasteiger partial charge in [-0.15, -0.1) is 0 Å². The first kappa shape index (κ1) is 9.02. The van der Waals surface area contributed by atoms with Crippen molar-refractivity contribution in [2.45, 2.75) is 6.04 Å². The molecule has 74 valence electrons. The zero-order valence-electron chi connectivity index (χ0n) is 7.79. The van der Waals surface area contributed by atoms with Gasteiger partial charge < -0.3 is 16.4 Å². The summed E-state index contributed by atoms with van der Waals surface area (Å²) in [5, 5.41) is 6.42. The number of nitrogens with two attached hydrogens (primary N) is 1. The number of hydrogen-bond acceptors (Lipinski definition) is 3. The van der Waals surface area contributed by atoms with E-state index in [-0.39, 0.29) is 5.91 Å². The second-order valence-electron chi connectivity index (χ2n) is 3.41. The van der Waals surface area contributed by atoms with Crippen LogP contribution in [0, 0.1) is 0 Å². The van der Waals surface area contributed by atoms with Gasteiger partial charge >= 0.3 is 0 Å². The number of carbonyl (C=O) groups is 1. The highest BCUT2D eigenvalue weighted by molar-refractivity contribution is 5.98. The number of anilines is 1. The van der Waals surface area contributed by atoms with Crippen LogP contribution in [0.5, 0.6) is 0 Å². The summed E-state index contributed by atoms with van der Waals surface area (Å²) in [6, 6.07) is 7.72.